The predicted octanol–water partition coefficient (Wildman–Crippen LogP) is 2.85. The summed E-state index contributed by atoms with van der Waals surface area (Å²) in [6.07, 6.45) is 0.470. The van der Waals surface area contributed by atoms with Crippen molar-refractivity contribution in [1.29, 1.82) is 5.26 Å². The fourth-order valence-corrected chi connectivity index (χ4v) is 2.56. The van der Waals surface area contributed by atoms with E-state index in [1.54, 1.807) is 6.07 Å². The highest BCUT2D eigenvalue weighted by Crippen LogP contribution is 2.30. The van der Waals surface area contributed by atoms with Crippen LogP contribution < -0.4 is 5.32 Å². The van der Waals surface area contributed by atoms with E-state index in [0.29, 0.717) is 16.5 Å². The molecule has 2 rings (SSSR count). The average Bonchev–Trinajstić information content (AvgIpc) is 2.40. The molecule has 1 fully saturated rings. The molecule has 1 aliphatic heterocycles. The molecule has 96 valence electrons. The van der Waals surface area contributed by atoms with Crippen molar-refractivity contribution in [3.05, 3.63) is 33.8 Å². The lowest BCUT2D eigenvalue weighted by Crippen LogP contribution is -2.45. The summed E-state index contributed by atoms with van der Waals surface area (Å²) in [5.41, 5.74) is 1.06. The van der Waals surface area contributed by atoms with E-state index in [2.05, 4.69) is 16.3 Å². The molecule has 0 amide bonds. The third-order valence-electron chi connectivity index (χ3n) is 3.21. The Labute approximate surface area is 117 Å². The minimum Gasteiger partial charge on any atom is -0.314 e. The lowest BCUT2D eigenvalue weighted by atomic mass is 10.0. The first-order chi connectivity index (χ1) is 8.72. The van der Waals surface area contributed by atoms with E-state index >= 15 is 0 Å². The van der Waals surface area contributed by atoms with Gasteiger partial charge in [-0.15, -0.1) is 0 Å². The monoisotopic (exact) mass is 283 g/mol. The summed E-state index contributed by atoms with van der Waals surface area (Å²) < 4.78 is 0. The van der Waals surface area contributed by atoms with E-state index in [1.165, 1.54) is 0 Å². The molecule has 18 heavy (non-hydrogen) atoms. The van der Waals surface area contributed by atoms with E-state index < -0.39 is 0 Å². The predicted molar refractivity (Wildman–Crippen MR) is 73.9 cm³/mol. The van der Waals surface area contributed by atoms with Gasteiger partial charge < -0.3 is 5.32 Å². The lowest BCUT2D eigenvalue weighted by molar-refractivity contribution is 0.175. The topological polar surface area (TPSA) is 39.1 Å². The maximum absolute atomic E-state index is 9.00. The Morgan fingerprint density at radius 1 is 1.28 bits per heavy atom. The van der Waals surface area contributed by atoms with Gasteiger partial charge in [0.2, 0.25) is 0 Å². The fraction of sp³-hybridized carbons (Fsp3) is 0.462. The molecule has 1 heterocycles. The number of benzene rings is 1. The van der Waals surface area contributed by atoms with Crippen molar-refractivity contribution in [1.82, 2.24) is 10.2 Å². The van der Waals surface area contributed by atoms with Gasteiger partial charge in [0.1, 0.15) is 0 Å². The molecule has 1 atom stereocenters. The number of halogens is 2. The molecule has 0 radical (unpaired) electrons. The minimum atomic E-state index is 0.104. The van der Waals surface area contributed by atoms with Gasteiger partial charge in [-0.05, 0) is 17.7 Å². The van der Waals surface area contributed by atoms with Crippen molar-refractivity contribution in [2.45, 2.75) is 12.5 Å². The molecule has 0 aromatic heterocycles. The normalized spacial score (nSPS) is 18.3. The van der Waals surface area contributed by atoms with Gasteiger partial charge in [0.25, 0.3) is 0 Å². The molecular formula is C13H15Cl2N3. The van der Waals surface area contributed by atoms with Crippen molar-refractivity contribution < 1.29 is 0 Å². The van der Waals surface area contributed by atoms with Gasteiger partial charge in [0, 0.05) is 32.2 Å². The summed E-state index contributed by atoms with van der Waals surface area (Å²) in [6.45, 7) is 3.83. The molecule has 0 spiro atoms. The average molecular weight is 284 g/mol. The van der Waals surface area contributed by atoms with Crippen LogP contribution in [0.1, 0.15) is 18.0 Å². The van der Waals surface area contributed by atoms with Crippen molar-refractivity contribution in [3.8, 4) is 6.07 Å². The summed E-state index contributed by atoms with van der Waals surface area (Å²) in [6, 6.07) is 7.99. The van der Waals surface area contributed by atoms with Crippen LogP contribution in [0.4, 0.5) is 0 Å². The summed E-state index contributed by atoms with van der Waals surface area (Å²) in [5, 5.41) is 13.4. The molecule has 0 saturated carbocycles. The molecule has 0 bridgehead atoms. The first-order valence-electron chi connectivity index (χ1n) is 5.99. The Balaban J connectivity index is 2.22. The maximum atomic E-state index is 9.00. The SMILES string of the molecule is N#CC[C@H](c1ccc(Cl)c(Cl)c1)N1CCNCC1. The van der Waals surface area contributed by atoms with Gasteiger partial charge >= 0.3 is 0 Å². The van der Waals surface area contributed by atoms with Gasteiger partial charge in [-0.1, -0.05) is 29.3 Å². The molecule has 1 aromatic carbocycles. The van der Waals surface area contributed by atoms with Crippen molar-refractivity contribution in [2.24, 2.45) is 0 Å². The quantitative estimate of drug-likeness (QED) is 0.927. The van der Waals surface area contributed by atoms with Gasteiger partial charge in [-0.2, -0.15) is 5.26 Å². The highest BCUT2D eigenvalue weighted by Gasteiger charge is 2.22. The molecule has 3 nitrogen and oxygen atoms in total. The lowest BCUT2D eigenvalue weighted by Gasteiger charge is -2.34. The van der Waals surface area contributed by atoms with Crippen LogP contribution in [0.15, 0.2) is 18.2 Å². The van der Waals surface area contributed by atoms with Crippen molar-refractivity contribution in [3.63, 3.8) is 0 Å². The minimum absolute atomic E-state index is 0.104. The Morgan fingerprint density at radius 3 is 2.61 bits per heavy atom. The number of piperazine rings is 1. The van der Waals surface area contributed by atoms with Gasteiger partial charge in [-0.25, -0.2) is 0 Å². The smallest absolute Gasteiger partial charge is 0.0641 e. The van der Waals surface area contributed by atoms with Crippen molar-refractivity contribution in [2.75, 3.05) is 26.2 Å². The van der Waals surface area contributed by atoms with Crippen LogP contribution in [0.3, 0.4) is 0 Å². The third kappa shape index (κ3) is 3.15. The third-order valence-corrected chi connectivity index (χ3v) is 3.94. The van der Waals surface area contributed by atoms with Crippen LogP contribution in [0.25, 0.3) is 0 Å². The molecular weight excluding hydrogens is 269 g/mol. The van der Waals surface area contributed by atoms with Crippen LogP contribution in [0, 0.1) is 11.3 Å². The Bertz CT molecular complexity index is 450. The number of hydrogen-bond donors (Lipinski definition) is 1. The summed E-state index contributed by atoms with van der Waals surface area (Å²) in [5.74, 6) is 0. The van der Waals surface area contributed by atoms with Gasteiger partial charge in [-0.3, -0.25) is 4.90 Å². The van der Waals surface area contributed by atoms with Crippen LogP contribution in [-0.4, -0.2) is 31.1 Å². The first-order valence-corrected chi connectivity index (χ1v) is 6.74. The highest BCUT2D eigenvalue weighted by atomic mass is 35.5. The van der Waals surface area contributed by atoms with E-state index in [-0.39, 0.29) is 6.04 Å². The van der Waals surface area contributed by atoms with E-state index in [0.717, 1.165) is 31.7 Å². The van der Waals surface area contributed by atoms with E-state index in [1.807, 2.05) is 12.1 Å². The second-order valence-corrected chi connectivity index (χ2v) is 5.15. The number of rotatable bonds is 3. The second-order valence-electron chi connectivity index (χ2n) is 4.34. The molecule has 1 saturated heterocycles. The van der Waals surface area contributed by atoms with E-state index in [4.69, 9.17) is 28.5 Å². The van der Waals surface area contributed by atoms with Crippen LogP contribution in [0.5, 0.6) is 0 Å². The molecule has 0 unspecified atom stereocenters. The highest BCUT2D eigenvalue weighted by molar-refractivity contribution is 6.42. The molecule has 5 heteroatoms. The molecule has 0 aliphatic carbocycles. The maximum Gasteiger partial charge on any atom is 0.0641 e. The fourth-order valence-electron chi connectivity index (χ4n) is 2.26. The largest absolute Gasteiger partial charge is 0.314 e. The number of nitrogens with zero attached hydrogens (tertiary/aromatic N) is 2. The number of nitrogens with one attached hydrogen (secondary N) is 1. The molecule has 1 aromatic rings. The summed E-state index contributed by atoms with van der Waals surface area (Å²) in [7, 11) is 0. The molecule has 1 aliphatic rings. The van der Waals surface area contributed by atoms with E-state index in [9.17, 15) is 0 Å². The zero-order chi connectivity index (χ0) is 13.0. The number of nitriles is 1. The van der Waals surface area contributed by atoms with Gasteiger partial charge in [0.15, 0.2) is 0 Å². The van der Waals surface area contributed by atoms with Crippen molar-refractivity contribution >= 4 is 23.2 Å². The van der Waals surface area contributed by atoms with Crippen LogP contribution >= 0.6 is 23.2 Å². The zero-order valence-corrected chi connectivity index (χ0v) is 11.5. The zero-order valence-electron chi connectivity index (χ0n) is 10.00. The standard InChI is InChI=1S/C13H15Cl2N3/c14-11-2-1-10(9-12(11)15)13(3-4-16)18-7-5-17-6-8-18/h1-2,9,13,17H,3,5-8H2/t13-/m1/s1. The van der Waals surface area contributed by atoms with Gasteiger partial charge in [0.05, 0.1) is 22.5 Å². The first kappa shape index (κ1) is 13.6. The van der Waals surface area contributed by atoms with Crippen LogP contribution in [0.2, 0.25) is 10.0 Å². The summed E-state index contributed by atoms with van der Waals surface area (Å²) >= 11 is 12.0. The Kier molecular flexibility index (Phi) is 4.85. The molecule has 1 N–H and O–H groups in total. The Hall–Kier alpha value is -0.790. The number of hydrogen-bond acceptors (Lipinski definition) is 3. The Morgan fingerprint density at radius 2 is 2.00 bits per heavy atom. The second kappa shape index (κ2) is 6.40. The van der Waals surface area contributed by atoms with Crippen LogP contribution in [-0.2, 0) is 0 Å². The summed E-state index contributed by atoms with van der Waals surface area (Å²) in [4.78, 5) is 2.32.